The van der Waals surface area contributed by atoms with E-state index in [-0.39, 0.29) is 17.6 Å². The molecular weight excluding hydrogens is 293 g/mol. The van der Waals surface area contributed by atoms with Crippen LogP contribution < -0.4 is 9.47 Å². The number of benzene rings is 1. The zero-order valence-corrected chi connectivity index (χ0v) is 12.7. The molecular formula is C17H21F3O2. The normalized spacial score (nSPS) is 19.5. The lowest BCUT2D eigenvalue weighted by Crippen LogP contribution is -2.26. The smallest absolute Gasteiger partial charge is 0.487 e. The zero-order valence-electron chi connectivity index (χ0n) is 12.7. The molecule has 0 heterocycles. The third-order valence-electron chi connectivity index (χ3n) is 4.78. The molecule has 0 aromatic heterocycles. The van der Waals surface area contributed by atoms with Gasteiger partial charge in [0.2, 0.25) is 0 Å². The second-order valence-electron chi connectivity index (χ2n) is 6.40. The third kappa shape index (κ3) is 3.50. The highest BCUT2D eigenvalue weighted by Gasteiger charge is 2.34. The van der Waals surface area contributed by atoms with Gasteiger partial charge in [0.15, 0.2) is 11.5 Å². The summed E-state index contributed by atoms with van der Waals surface area (Å²) in [5, 5.41) is 0. The Balaban J connectivity index is 1.85. The van der Waals surface area contributed by atoms with Gasteiger partial charge in [-0.1, -0.05) is 25.3 Å². The van der Waals surface area contributed by atoms with Crippen molar-refractivity contribution in [2.75, 3.05) is 0 Å². The van der Waals surface area contributed by atoms with Gasteiger partial charge in [-0.05, 0) is 55.7 Å². The third-order valence-corrected chi connectivity index (χ3v) is 4.78. The van der Waals surface area contributed by atoms with E-state index < -0.39 is 6.36 Å². The van der Waals surface area contributed by atoms with E-state index in [2.05, 4.69) is 4.74 Å². The largest absolute Gasteiger partial charge is 0.573 e. The maximum absolute atomic E-state index is 12.7. The van der Waals surface area contributed by atoms with E-state index in [0.717, 1.165) is 44.1 Å². The first-order chi connectivity index (χ1) is 10.4. The van der Waals surface area contributed by atoms with Crippen molar-refractivity contribution < 1.29 is 22.6 Å². The van der Waals surface area contributed by atoms with E-state index in [0.29, 0.717) is 11.5 Å². The topological polar surface area (TPSA) is 18.5 Å². The van der Waals surface area contributed by atoms with Gasteiger partial charge in [-0.3, -0.25) is 0 Å². The number of rotatable bonds is 5. The first kappa shape index (κ1) is 15.5. The lowest BCUT2D eigenvalue weighted by atomic mass is 9.80. The molecule has 0 saturated heterocycles. The van der Waals surface area contributed by atoms with Gasteiger partial charge in [0.05, 0.1) is 6.10 Å². The lowest BCUT2D eigenvalue weighted by molar-refractivity contribution is -0.275. The fourth-order valence-corrected chi connectivity index (χ4v) is 2.94. The minimum absolute atomic E-state index is 0.0208. The Morgan fingerprint density at radius 1 is 1.09 bits per heavy atom. The molecule has 1 aromatic rings. The molecule has 0 aliphatic heterocycles. The summed E-state index contributed by atoms with van der Waals surface area (Å²) in [6.07, 6.45) is 2.55. The number of hydrogen-bond acceptors (Lipinski definition) is 2. The van der Waals surface area contributed by atoms with E-state index in [9.17, 15) is 13.2 Å². The first-order valence-electron chi connectivity index (χ1n) is 7.97. The molecule has 0 spiro atoms. The van der Waals surface area contributed by atoms with Gasteiger partial charge >= 0.3 is 6.36 Å². The summed E-state index contributed by atoms with van der Waals surface area (Å²) in [6, 6.07) is 3.53. The highest BCUT2D eigenvalue weighted by atomic mass is 19.4. The average Bonchev–Trinajstić information content (AvgIpc) is 2.32. The van der Waals surface area contributed by atoms with Crippen molar-refractivity contribution in [2.45, 2.75) is 64.3 Å². The number of alkyl halides is 3. The molecule has 2 fully saturated rings. The first-order valence-corrected chi connectivity index (χ1v) is 7.97. The summed E-state index contributed by atoms with van der Waals surface area (Å²) < 4.78 is 48.2. The summed E-state index contributed by atoms with van der Waals surface area (Å²) in [5.74, 6) is 0.656. The fourth-order valence-electron chi connectivity index (χ4n) is 2.94. The van der Waals surface area contributed by atoms with Crippen molar-refractivity contribution in [1.82, 2.24) is 0 Å². The van der Waals surface area contributed by atoms with Crippen LogP contribution in [0.25, 0.3) is 0 Å². The number of hydrogen-bond donors (Lipinski definition) is 0. The molecule has 2 nitrogen and oxygen atoms in total. The van der Waals surface area contributed by atoms with Crippen LogP contribution >= 0.6 is 0 Å². The Morgan fingerprint density at radius 2 is 1.77 bits per heavy atom. The molecule has 2 aliphatic rings. The Hall–Kier alpha value is -1.39. The summed E-state index contributed by atoms with van der Waals surface area (Å²) in [5.41, 5.74) is 1.49. The molecule has 2 saturated carbocycles. The van der Waals surface area contributed by atoms with Crippen LogP contribution in [0.2, 0.25) is 0 Å². The molecule has 22 heavy (non-hydrogen) atoms. The molecule has 1 aromatic carbocycles. The van der Waals surface area contributed by atoms with Crippen LogP contribution in [-0.4, -0.2) is 12.5 Å². The predicted molar refractivity (Wildman–Crippen MR) is 77.2 cm³/mol. The van der Waals surface area contributed by atoms with Gasteiger partial charge in [0.1, 0.15) is 0 Å². The second-order valence-corrected chi connectivity index (χ2v) is 6.40. The van der Waals surface area contributed by atoms with Crippen molar-refractivity contribution in [3.05, 3.63) is 23.3 Å². The van der Waals surface area contributed by atoms with Crippen LogP contribution in [0.1, 0.15) is 49.7 Å². The van der Waals surface area contributed by atoms with Crippen LogP contribution in [0.15, 0.2) is 12.1 Å². The SMILES string of the molecule is Cc1c(CC2CCC2)ccc(OC2CCC2)c1OC(F)(F)F. The lowest BCUT2D eigenvalue weighted by Gasteiger charge is -2.29. The highest BCUT2D eigenvalue weighted by molar-refractivity contribution is 5.50. The quantitative estimate of drug-likeness (QED) is 0.746. The van der Waals surface area contributed by atoms with Crippen LogP contribution in [0, 0.1) is 12.8 Å². The van der Waals surface area contributed by atoms with Gasteiger partial charge < -0.3 is 9.47 Å². The van der Waals surface area contributed by atoms with Crippen molar-refractivity contribution in [3.63, 3.8) is 0 Å². The standard InChI is InChI=1S/C17H21F3O2/c1-11-13(10-12-4-2-5-12)8-9-15(21-14-6-3-7-14)16(11)22-17(18,19)20/h8-9,12,14H,2-7,10H2,1H3. The minimum Gasteiger partial charge on any atom is -0.487 e. The molecule has 0 radical (unpaired) electrons. The maximum Gasteiger partial charge on any atom is 0.573 e. The fraction of sp³-hybridized carbons (Fsp3) is 0.647. The van der Waals surface area contributed by atoms with Crippen LogP contribution in [0.4, 0.5) is 13.2 Å². The van der Waals surface area contributed by atoms with E-state index in [4.69, 9.17) is 4.74 Å². The molecule has 5 heteroatoms. The van der Waals surface area contributed by atoms with E-state index in [1.54, 1.807) is 13.0 Å². The molecule has 0 N–H and O–H groups in total. The molecule has 0 bridgehead atoms. The summed E-state index contributed by atoms with van der Waals surface area (Å²) in [6.45, 7) is 1.70. The Bertz CT molecular complexity index is 531. The van der Waals surface area contributed by atoms with Crippen LogP contribution in [-0.2, 0) is 6.42 Å². The molecule has 122 valence electrons. The van der Waals surface area contributed by atoms with Crippen molar-refractivity contribution >= 4 is 0 Å². The minimum atomic E-state index is -4.70. The van der Waals surface area contributed by atoms with E-state index >= 15 is 0 Å². The Morgan fingerprint density at radius 3 is 2.27 bits per heavy atom. The molecule has 0 atom stereocenters. The molecule has 2 aliphatic carbocycles. The number of ether oxygens (including phenoxy) is 2. The highest BCUT2D eigenvalue weighted by Crippen LogP contribution is 2.41. The Labute approximate surface area is 128 Å². The summed E-state index contributed by atoms with van der Waals surface area (Å²) >= 11 is 0. The monoisotopic (exact) mass is 314 g/mol. The van der Waals surface area contributed by atoms with Crippen LogP contribution in [0.5, 0.6) is 11.5 Å². The summed E-state index contributed by atoms with van der Waals surface area (Å²) in [4.78, 5) is 0. The second kappa shape index (κ2) is 6.01. The van der Waals surface area contributed by atoms with Gasteiger partial charge in [0.25, 0.3) is 0 Å². The van der Waals surface area contributed by atoms with Crippen molar-refractivity contribution in [1.29, 1.82) is 0 Å². The van der Waals surface area contributed by atoms with Gasteiger partial charge in [0, 0.05) is 0 Å². The Kier molecular flexibility index (Phi) is 4.24. The van der Waals surface area contributed by atoms with E-state index in [1.165, 1.54) is 6.42 Å². The van der Waals surface area contributed by atoms with Gasteiger partial charge in [-0.2, -0.15) is 0 Å². The average molecular weight is 314 g/mol. The molecule has 3 rings (SSSR count). The van der Waals surface area contributed by atoms with Gasteiger partial charge in [-0.15, -0.1) is 13.2 Å². The maximum atomic E-state index is 12.7. The van der Waals surface area contributed by atoms with Gasteiger partial charge in [-0.25, -0.2) is 0 Å². The summed E-state index contributed by atoms with van der Waals surface area (Å²) in [7, 11) is 0. The molecule has 0 unspecified atom stereocenters. The van der Waals surface area contributed by atoms with E-state index in [1.807, 2.05) is 6.07 Å². The zero-order chi connectivity index (χ0) is 15.7. The van der Waals surface area contributed by atoms with Crippen molar-refractivity contribution in [2.24, 2.45) is 5.92 Å². The number of halogens is 3. The van der Waals surface area contributed by atoms with Crippen LogP contribution in [0.3, 0.4) is 0 Å². The predicted octanol–water partition coefficient (Wildman–Crippen LogP) is 5.17. The molecule has 0 amide bonds. The van der Waals surface area contributed by atoms with Crippen molar-refractivity contribution in [3.8, 4) is 11.5 Å².